The van der Waals surface area contributed by atoms with Gasteiger partial charge in [0.1, 0.15) is 5.75 Å². The number of carbonyl (C=O) groups excluding carboxylic acids is 2. The van der Waals surface area contributed by atoms with E-state index in [-0.39, 0.29) is 12.5 Å². The predicted octanol–water partition coefficient (Wildman–Crippen LogP) is 2.66. The number of ether oxygens (including phenoxy) is 2. The van der Waals surface area contributed by atoms with E-state index in [0.29, 0.717) is 12.3 Å². The first kappa shape index (κ1) is 18.5. The van der Waals surface area contributed by atoms with Crippen LogP contribution in [0.1, 0.15) is 18.1 Å². The zero-order chi connectivity index (χ0) is 18.1. The van der Waals surface area contributed by atoms with E-state index in [1.807, 2.05) is 55.5 Å². The van der Waals surface area contributed by atoms with Crippen molar-refractivity contribution in [2.45, 2.75) is 26.4 Å². The van der Waals surface area contributed by atoms with Crippen molar-refractivity contribution in [1.29, 1.82) is 0 Å². The summed E-state index contributed by atoms with van der Waals surface area (Å²) in [5.74, 6) is -0.302. The van der Waals surface area contributed by atoms with Crippen molar-refractivity contribution in [2.24, 2.45) is 0 Å². The van der Waals surface area contributed by atoms with Crippen LogP contribution < -0.4 is 10.1 Å². The normalized spacial score (nSPS) is 11.4. The van der Waals surface area contributed by atoms with Crippen molar-refractivity contribution in [2.75, 3.05) is 13.2 Å². The summed E-state index contributed by atoms with van der Waals surface area (Å²) in [6.07, 6.45) is -0.131. The summed E-state index contributed by atoms with van der Waals surface area (Å²) in [4.78, 5) is 23.7. The van der Waals surface area contributed by atoms with E-state index in [4.69, 9.17) is 9.47 Å². The molecule has 0 fully saturated rings. The highest BCUT2D eigenvalue weighted by Crippen LogP contribution is 2.12. The molecule has 5 heteroatoms. The Kier molecular flexibility index (Phi) is 7.01. The van der Waals surface area contributed by atoms with Gasteiger partial charge in [-0.3, -0.25) is 4.79 Å². The van der Waals surface area contributed by atoms with Crippen LogP contribution in [-0.2, 0) is 20.7 Å². The number of hydrogen-bond acceptors (Lipinski definition) is 4. The van der Waals surface area contributed by atoms with Gasteiger partial charge in [0.2, 0.25) is 0 Å². The third-order valence-electron chi connectivity index (χ3n) is 3.58. The Labute approximate surface area is 148 Å². The van der Waals surface area contributed by atoms with Crippen LogP contribution in [0.15, 0.2) is 54.6 Å². The zero-order valence-corrected chi connectivity index (χ0v) is 14.5. The summed E-state index contributed by atoms with van der Waals surface area (Å²) in [6.45, 7) is 3.74. The summed E-state index contributed by atoms with van der Waals surface area (Å²) in [7, 11) is 0. The van der Waals surface area contributed by atoms with Crippen molar-refractivity contribution in [3.8, 4) is 5.75 Å². The number of aryl methyl sites for hydroxylation is 1. The Balaban J connectivity index is 1.68. The van der Waals surface area contributed by atoms with Gasteiger partial charge >= 0.3 is 5.97 Å². The monoisotopic (exact) mass is 341 g/mol. The average Bonchev–Trinajstić information content (AvgIpc) is 2.61. The summed E-state index contributed by atoms with van der Waals surface area (Å²) in [5.41, 5.74) is 2.18. The van der Waals surface area contributed by atoms with Gasteiger partial charge in [0.05, 0.1) is 0 Å². The molecular formula is C20H23NO4. The third-order valence-corrected chi connectivity index (χ3v) is 3.58. The van der Waals surface area contributed by atoms with Gasteiger partial charge in [0.15, 0.2) is 12.7 Å². The van der Waals surface area contributed by atoms with Crippen LogP contribution in [-0.4, -0.2) is 31.1 Å². The van der Waals surface area contributed by atoms with Crippen LogP contribution in [0.3, 0.4) is 0 Å². The number of benzene rings is 2. The number of esters is 1. The summed E-state index contributed by atoms with van der Waals surface area (Å²) in [6, 6.07) is 17.2. The Bertz CT molecular complexity index is 700. The highest BCUT2D eigenvalue weighted by atomic mass is 16.6. The highest BCUT2D eigenvalue weighted by Gasteiger charge is 2.17. The topological polar surface area (TPSA) is 64.6 Å². The zero-order valence-electron chi connectivity index (χ0n) is 14.5. The highest BCUT2D eigenvalue weighted by molar-refractivity contribution is 5.83. The lowest BCUT2D eigenvalue weighted by molar-refractivity contribution is -0.156. The van der Waals surface area contributed by atoms with E-state index in [1.54, 1.807) is 13.0 Å². The van der Waals surface area contributed by atoms with Crippen molar-refractivity contribution >= 4 is 11.9 Å². The summed E-state index contributed by atoms with van der Waals surface area (Å²) < 4.78 is 10.5. The first-order valence-corrected chi connectivity index (χ1v) is 8.25. The molecule has 5 nitrogen and oxygen atoms in total. The van der Waals surface area contributed by atoms with Crippen molar-refractivity contribution < 1.29 is 19.1 Å². The minimum absolute atomic E-state index is 0.231. The fraction of sp³-hybridized carbons (Fsp3) is 0.300. The first-order chi connectivity index (χ1) is 12.0. The maximum absolute atomic E-state index is 12.0. The third kappa shape index (κ3) is 6.67. The van der Waals surface area contributed by atoms with Crippen LogP contribution in [0.4, 0.5) is 0 Å². The molecule has 0 aliphatic carbocycles. The van der Waals surface area contributed by atoms with Crippen LogP contribution in [0, 0.1) is 6.92 Å². The molecule has 2 aromatic carbocycles. The molecule has 1 amide bonds. The average molecular weight is 341 g/mol. The van der Waals surface area contributed by atoms with Crippen molar-refractivity contribution in [3.05, 3.63) is 65.7 Å². The Morgan fingerprint density at radius 3 is 2.56 bits per heavy atom. The van der Waals surface area contributed by atoms with E-state index in [1.165, 1.54) is 0 Å². The maximum atomic E-state index is 12.0. The van der Waals surface area contributed by atoms with Gasteiger partial charge in [0.25, 0.3) is 5.91 Å². The lowest BCUT2D eigenvalue weighted by Crippen LogP contribution is -2.37. The molecule has 0 spiro atoms. The van der Waals surface area contributed by atoms with Crippen LogP contribution in [0.5, 0.6) is 5.75 Å². The molecule has 0 aliphatic rings. The molecule has 0 radical (unpaired) electrons. The van der Waals surface area contributed by atoms with E-state index < -0.39 is 12.1 Å². The predicted molar refractivity (Wildman–Crippen MR) is 95.4 cm³/mol. The summed E-state index contributed by atoms with van der Waals surface area (Å²) >= 11 is 0. The van der Waals surface area contributed by atoms with E-state index in [9.17, 15) is 9.59 Å². The number of amides is 1. The van der Waals surface area contributed by atoms with E-state index >= 15 is 0 Å². The molecule has 0 saturated heterocycles. The number of nitrogens with one attached hydrogen (secondary N) is 1. The fourth-order valence-corrected chi connectivity index (χ4v) is 2.25. The Morgan fingerprint density at radius 2 is 1.84 bits per heavy atom. The number of carbonyl (C=O) groups is 2. The van der Waals surface area contributed by atoms with Crippen LogP contribution in [0.25, 0.3) is 0 Å². The second kappa shape index (κ2) is 9.47. The minimum atomic E-state index is -0.857. The van der Waals surface area contributed by atoms with Gasteiger partial charge in [-0.25, -0.2) is 4.79 Å². The Morgan fingerprint density at radius 1 is 1.08 bits per heavy atom. The SMILES string of the molecule is Cc1cccc(OCC(=O)OC(C)C(=O)NCCc2ccccc2)c1. The smallest absolute Gasteiger partial charge is 0.344 e. The molecule has 25 heavy (non-hydrogen) atoms. The van der Waals surface area contributed by atoms with E-state index in [0.717, 1.165) is 17.5 Å². The molecule has 0 bridgehead atoms. The van der Waals surface area contributed by atoms with Crippen molar-refractivity contribution in [1.82, 2.24) is 5.32 Å². The Hall–Kier alpha value is -2.82. The molecule has 1 N–H and O–H groups in total. The quantitative estimate of drug-likeness (QED) is 0.750. The molecule has 0 aliphatic heterocycles. The van der Waals surface area contributed by atoms with E-state index in [2.05, 4.69) is 5.32 Å². The summed E-state index contributed by atoms with van der Waals surface area (Å²) in [5, 5.41) is 2.76. The lowest BCUT2D eigenvalue weighted by Gasteiger charge is -2.14. The van der Waals surface area contributed by atoms with Crippen molar-refractivity contribution in [3.63, 3.8) is 0 Å². The second-order valence-electron chi connectivity index (χ2n) is 5.76. The number of rotatable bonds is 8. The fourth-order valence-electron chi connectivity index (χ4n) is 2.25. The molecule has 132 valence electrons. The molecule has 0 aromatic heterocycles. The van der Waals surface area contributed by atoms with Gasteiger partial charge in [-0.2, -0.15) is 0 Å². The van der Waals surface area contributed by atoms with Crippen LogP contribution in [0.2, 0.25) is 0 Å². The van der Waals surface area contributed by atoms with Crippen LogP contribution >= 0.6 is 0 Å². The first-order valence-electron chi connectivity index (χ1n) is 8.25. The lowest BCUT2D eigenvalue weighted by atomic mass is 10.1. The van der Waals surface area contributed by atoms with Gasteiger partial charge in [-0.15, -0.1) is 0 Å². The second-order valence-corrected chi connectivity index (χ2v) is 5.76. The molecule has 1 unspecified atom stereocenters. The molecule has 0 saturated carbocycles. The molecule has 2 rings (SSSR count). The minimum Gasteiger partial charge on any atom is -0.482 e. The standard InChI is InChI=1S/C20H23NO4/c1-15-7-6-10-18(13-15)24-14-19(22)25-16(2)20(23)21-12-11-17-8-4-3-5-9-17/h3-10,13,16H,11-12,14H2,1-2H3,(H,21,23). The molecule has 2 aromatic rings. The molecular weight excluding hydrogens is 318 g/mol. The van der Waals surface area contributed by atoms with Gasteiger partial charge < -0.3 is 14.8 Å². The largest absolute Gasteiger partial charge is 0.482 e. The molecule has 1 atom stereocenters. The molecule has 0 heterocycles. The van der Waals surface area contributed by atoms with Gasteiger partial charge in [-0.1, -0.05) is 42.5 Å². The maximum Gasteiger partial charge on any atom is 0.344 e. The van der Waals surface area contributed by atoms with Gasteiger partial charge in [-0.05, 0) is 43.5 Å². The van der Waals surface area contributed by atoms with Gasteiger partial charge in [0, 0.05) is 6.54 Å². The number of hydrogen-bond donors (Lipinski definition) is 1.